The molecule has 0 radical (unpaired) electrons. The Labute approximate surface area is 129 Å². The van der Waals surface area contributed by atoms with Gasteiger partial charge in [0, 0.05) is 17.5 Å². The second-order valence-corrected chi connectivity index (χ2v) is 5.07. The molecule has 22 heavy (non-hydrogen) atoms. The number of nitro benzene ring substituents is 1. The van der Waals surface area contributed by atoms with Crippen LogP contribution in [0.15, 0.2) is 84.9 Å². The van der Waals surface area contributed by atoms with E-state index in [-0.39, 0.29) is 16.5 Å². The van der Waals surface area contributed by atoms with Gasteiger partial charge >= 0.3 is 0 Å². The third-order valence-electron chi connectivity index (χ3n) is 3.71. The Morgan fingerprint density at radius 2 is 1.14 bits per heavy atom. The zero-order valence-corrected chi connectivity index (χ0v) is 11.9. The van der Waals surface area contributed by atoms with E-state index in [1.165, 1.54) is 0 Å². The molecule has 0 aliphatic rings. The highest BCUT2D eigenvalue weighted by Crippen LogP contribution is 2.36. The fraction of sp³-hybridized carbons (Fsp3) is 0.0526. The second kappa shape index (κ2) is 6.22. The lowest BCUT2D eigenvalue weighted by Gasteiger charge is -2.18. The molecule has 0 aliphatic heterocycles. The van der Waals surface area contributed by atoms with E-state index in [0.717, 1.165) is 11.1 Å². The van der Waals surface area contributed by atoms with E-state index >= 15 is 0 Å². The first-order chi connectivity index (χ1) is 10.8. The maximum atomic E-state index is 11.4. The van der Waals surface area contributed by atoms with Crippen molar-refractivity contribution in [3.63, 3.8) is 0 Å². The van der Waals surface area contributed by atoms with E-state index < -0.39 is 0 Å². The van der Waals surface area contributed by atoms with Gasteiger partial charge in [-0.3, -0.25) is 10.1 Å². The number of nitro groups is 1. The number of nitrogens with zero attached hydrogens (tertiary/aromatic N) is 1. The maximum Gasteiger partial charge on any atom is 0.273 e. The van der Waals surface area contributed by atoms with Crippen molar-refractivity contribution in [3.8, 4) is 0 Å². The number of rotatable bonds is 4. The molecule has 0 heterocycles. The fourth-order valence-electron chi connectivity index (χ4n) is 2.74. The Kier molecular flexibility index (Phi) is 3.97. The molecule has 0 N–H and O–H groups in total. The molecule has 0 unspecified atom stereocenters. The summed E-state index contributed by atoms with van der Waals surface area (Å²) < 4.78 is 0. The number of hydrogen-bond acceptors (Lipinski definition) is 2. The van der Waals surface area contributed by atoms with Gasteiger partial charge in [0.1, 0.15) is 0 Å². The van der Waals surface area contributed by atoms with Crippen LogP contribution in [0.2, 0.25) is 0 Å². The first kappa shape index (κ1) is 14.0. The minimum Gasteiger partial charge on any atom is -0.258 e. The first-order valence-electron chi connectivity index (χ1n) is 7.10. The molecule has 3 aromatic carbocycles. The third-order valence-corrected chi connectivity index (χ3v) is 3.71. The molecule has 0 bridgehead atoms. The van der Waals surface area contributed by atoms with E-state index in [0.29, 0.717) is 5.56 Å². The molecule has 0 saturated heterocycles. The van der Waals surface area contributed by atoms with Gasteiger partial charge in [-0.15, -0.1) is 0 Å². The standard InChI is InChI=1S/C19H15NO2/c21-20(22)18-14-8-7-13-17(18)19(15-9-3-1-4-10-15)16-11-5-2-6-12-16/h1-14,19H. The average molecular weight is 289 g/mol. The quantitative estimate of drug-likeness (QED) is 0.394. The van der Waals surface area contributed by atoms with E-state index in [9.17, 15) is 10.1 Å². The van der Waals surface area contributed by atoms with Gasteiger partial charge < -0.3 is 0 Å². The maximum absolute atomic E-state index is 11.4. The summed E-state index contributed by atoms with van der Waals surface area (Å²) >= 11 is 0. The fourth-order valence-corrected chi connectivity index (χ4v) is 2.74. The molecule has 0 atom stereocenters. The lowest BCUT2D eigenvalue weighted by Crippen LogP contribution is -2.06. The highest BCUT2D eigenvalue weighted by atomic mass is 16.6. The summed E-state index contributed by atoms with van der Waals surface area (Å²) in [6, 6.07) is 26.7. The van der Waals surface area contributed by atoms with Crippen LogP contribution in [0.4, 0.5) is 5.69 Å². The van der Waals surface area contributed by atoms with Crippen LogP contribution in [0.25, 0.3) is 0 Å². The summed E-state index contributed by atoms with van der Waals surface area (Å²) in [5, 5.41) is 11.4. The van der Waals surface area contributed by atoms with Gasteiger partial charge in [-0.25, -0.2) is 0 Å². The monoisotopic (exact) mass is 289 g/mol. The molecular weight excluding hydrogens is 274 g/mol. The topological polar surface area (TPSA) is 43.1 Å². The van der Waals surface area contributed by atoms with Crippen molar-refractivity contribution in [2.75, 3.05) is 0 Å². The molecule has 3 rings (SSSR count). The molecule has 108 valence electrons. The molecule has 3 heteroatoms. The normalized spacial score (nSPS) is 10.6. The van der Waals surface area contributed by atoms with Crippen molar-refractivity contribution < 1.29 is 4.92 Å². The van der Waals surface area contributed by atoms with Crippen molar-refractivity contribution in [2.45, 2.75) is 5.92 Å². The zero-order chi connectivity index (χ0) is 15.4. The second-order valence-electron chi connectivity index (χ2n) is 5.07. The Morgan fingerprint density at radius 1 is 0.682 bits per heavy atom. The summed E-state index contributed by atoms with van der Waals surface area (Å²) in [5.74, 6) is -0.149. The van der Waals surface area contributed by atoms with Gasteiger partial charge in [-0.05, 0) is 11.1 Å². The number of benzene rings is 3. The van der Waals surface area contributed by atoms with Gasteiger partial charge in [-0.2, -0.15) is 0 Å². The SMILES string of the molecule is O=[N+]([O-])c1ccccc1C(c1ccccc1)c1ccccc1. The highest BCUT2D eigenvalue weighted by Gasteiger charge is 2.24. The van der Waals surface area contributed by atoms with E-state index in [1.54, 1.807) is 12.1 Å². The Hall–Kier alpha value is -2.94. The van der Waals surface area contributed by atoms with Gasteiger partial charge in [0.25, 0.3) is 5.69 Å². The highest BCUT2D eigenvalue weighted by molar-refractivity contribution is 5.52. The van der Waals surface area contributed by atoms with Crippen LogP contribution in [0, 0.1) is 10.1 Å². The molecule has 0 aliphatic carbocycles. The van der Waals surface area contributed by atoms with Gasteiger partial charge in [0.15, 0.2) is 0 Å². The largest absolute Gasteiger partial charge is 0.273 e. The smallest absolute Gasteiger partial charge is 0.258 e. The molecular formula is C19H15NO2. The van der Waals surface area contributed by atoms with Crippen molar-refractivity contribution >= 4 is 5.69 Å². The van der Waals surface area contributed by atoms with Crippen LogP contribution < -0.4 is 0 Å². The van der Waals surface area contributed by atoms with Crippen LogP contribution in [-0.4, -0.2) is 4.92 Å². The molecule has 3 nitrogen and oxygen atoms in total. The van der Waals surface area contributed by atoms with Crippen molar-refractivity contribution in [3.05, 3.63) is 112 Å². The summed E-state index contributed by atoms with van der Waals surface area (Å²) in [4.78, 5) is 11.1. The third kappa shape index (κ3) is 2.74. The Balaban J connectivity index is 2.21. The van der Waals surface area contributed by atoms with Gasteiger partial charge in [0.2, 0.25) is 0 Å². The zero-order valence-electron chi connectivity index (χ0n) is 11.9. The molecule has 0 aromatic heterocycles. The van der Waals surface area contributed by atoms with Crippen LogP contribution in [-0.2, 0) is 0 Å². The summed E-state index contributed by atoms with van der Waals surface area (Å²) in [5.41, 5.74) is 2.95. The first-order valence-corrected chi connectivity index (χ1v) is 7.10. The lowest BCUT2D eigenvalue weighted by atomic mass is 9.84. The number of hydrogen-bond donors (Lipinski definition) is 0. The minimum atomic E-state index is -0.311. The molecule has 0 saturated carbocycles. The van der Waals surface area contributed by atoms with Crippen LogP contribution in [0.3, 0.4) is 0 Å². The minimum absolute atomic E-state index is 0.149. The van der Waals surface area contributed by atoms with Crippen molar-refractivity contribution in [2.24, 2.45) is 0 Å². The molecule has 0 amide bonds. The van der Waals surface area contributed by atoms with Crippen LogP contribution in [0.1, 0.15) is 22.6 Å². The van der Waals surface area contributed by atoms with Gasteiger partial charge in [0.05, 0.1) is 4.92 Å². The number of para-hydroxylation sites is 1. The van der Waals surface area contributed by atoms with E-state index in [2.05, 4.69) is 0 Å². The Morgan fingerprint density at radius 3 is 1.64 bits per heavy atom. The van der Waals surface area contributed by atoms with Crippen molar-refractivity contribution in [1.82, 2.24) is 0 Å². The molecule has 0 fully saturated rings. The summed E-state index contributed by atoms with van der Waals surface area (Å²) in [7, 11) is 0. The van der Waals surface area contributed by atoms with E-state index in [4.69, 9.17) is 0 Å². The predicted octanol–water partition coefficient (Wildman–Crippen LogP) is 4.78. The summed E-state index contributed by atoms with van der Waals surface area (Å²) in [6.07, 6.45) is 0. The predicted molar refractivity (Wildman–Crippen MR) is 86.9 cm³/mol. The van der Waals surface area contributed by atoms with Crippen molar-refractivity contribution in [1.29, 1.82) is 0 Å². The van der Waals surface area contributed by atoms with E-state index in [1.807, 2.05) is 72.8 Å². The van der Waals surface area contributed by atoms with Gasteiger partial charge in [-0.1, -0.05) is 78.9 Å². The Bertz CT molecular complexity index is 730. The molecule has 3 aromatic rings. The van der Waals surface area contributed by atoms with Crippen LogP contribution >= 0.6 is 0 Å². The lowest BCUT2D eigenvalue weighted by molar-refractivity contribution is -0.385. The molecule has 0 spiro atoms. The van der Waals surface area contributed by atoms with Crippen LogP contribution in [0.5, 0.6) is 0 Å². The summed E-state index contributed by atoms with van der Waals surface area (Å²) in [6.45, 7) is 0. The average Bonchev–Trinajstić information content (AvgIpc) is 2.57.